The molecule has 0 aliphatic rings. The van der Waals surface area contributed by atoms with Gasteiger partial charge in [0.05, 0.1) is 5.02 Å². The highest BCUT2D eigenvalue weighted by molar-refractivity contribution is 6.31. The van der Waals surface area contributed by atoms with Crippen molar-refractivity contribution in [1.29, 1.82) is 0 Å². The van der Waals surface area contributed by atoms with E-state index in [2.05, 4.69) is 5.32 Å². The first-order valence-electron chi connectivity index (χ1n) is 4.63. The maximum Gasteiger partial charge on any atom is 0.141 e. The van der Waals surface area contributed by atoms with Gasteiger partial charge in [0.1, 0.15) is 5.82 Å². The summed E-state index contributed by atoms with van der Waals surface area (Å²) in [6.45, 7) is 0. The van der Waals surface area contributed by atoms with E-state index in [0.717, 1.165) is 11.4 Å². The lowest BCUT2D eigenvalue weighted by Gasteiger charge is -2.06. The van der Waals surface area contributed by atoms with Crippen molar-refractivity contribution in [2.45, 2.75) is 0 Å². The molecule has 1 nitrogen and oxygen atoms in total. The van der Waals surface area contributed by atoms with Gasteiger partial charge in [-0.25, -0.2) is 4.39 Å². The van der Waals surface area contributed by atoms with Crippen molar-refractivity contribution in [3.8, 4) is 0 Å². The molecule has 16 heavy (non-hydrogen) atoms. The van der Waals surface area contributed by atoms with E-state index in [4.69, 9.17) is 23.2 Å². The highest BCUT2D eigenvalue weighted by atomic mass is 35.5. The lowest BCUT2D eigenvalue weighted by Crippen LogP contribution is -1.90. The van der Waals surface area contributed by atoms with Gasteiger partial charge in [0.25, 0.3) is 0 Å². The van der Waals surface area contributed by atoms with E-state index in [1.54, 1.807) is 18.2 Å². The Morgan fingerprint density at radius 1 is 0.875 bits per heavy atom. The predicted molar refractivity (Wildman–Crippen MR) is 66.1 cm³/mol. The zero-order valence-electron chi connectivity index (χ0n) is 8.18. The Kier molecular flexibility index (Phi) is 3.32. The Labute approximate surface area is 103 Å². The first-order chi connectivity index (χ1) is 7.65. The predicted octanol–water partition coefficient (Wildman–Crippen LogP) is 4.88. The molecule has 0 atom stereocenters. The molecule has 0 unspecified atom stereocenters. The molecule has 2 rings (SSSR count). The molecule has 2 aromatic carbocycles. The third-order valence-electron chi connectivity index (χ3n) is 2.05. The third-order valence-corrected chi connectivity index (χ3v) is 2.59. The molecule has 0 amide bonds. The van der Waals surface area contributed by atoms with Gasteiger partial charge in [-0.3, -0.25) is 0 Å². The molecule has 0 heterocycles. The Morgan fingerprint density at radius 3 is 2.12 bits per heavy atom. The summed E-state index contributed by atoms with van der Waals surface area (Å²) in [5, 5.41) is 3.85. The summed E-state index contributed by atoms with van der Waals surface area (Å²) in [5.74, 6) is -0.427. The largest absolute Gasteiger partial charge is 0.355 e. The molecule has 0 saturated carbocycles. The van der Waals surface area contributed by atoms with Crippen LogP contribution >= 0.6 is 23.2 Å². The van der Waals surface area contributed by atoms with Crippen molar-refractivity contribution in [1.82, 2.24) is 0 Å². The minimum atomic E-state index is -0.427. The molecular formula is C12H8Cl2FN. The highest BCUT2D eigenvalue weighted by Gasteiger charge is 2.00. The van der Waals surface area contributed by atoms with Crippen molar-refractivity contribution in [3.05, 3.63) is 58.3 Å². The lowest BCUT2D eigenvalue weighted by atomic mass is 10.2. The van der Waals surface area contributed by atoms with Crippen LogP contribution in [0.2, 0.25) is 10.0 Å². The minimum absolute atomic E-state index is 0.0963. The lowest BCUT2D eigenvalue weighted by molar-refractivity contribution is 0.628. The second kappa shape index (κ2) is 4.73. The Morgan fingerprint density at radius 2 is 1.50 bits per heavy atom. The number of anilines is 2. The molecule has 0 aromatic heterocycles. The normalized spacial score (nSPS) is 10.2. The fourth-order valence-electron chi connectivity index (χ4n) is 1.27. The van der Waals surface area contributed by atoms with Crippen LogP contribution in [0.3, 0.4) is 0 Å². The van der Waals surface area contributed by atoms with Gasteiger partial charge in [0, 0.05) is 16.4 Å². The average molecular weight is 256 g/mol. The summed E-state index contributed by atoms with van der Waals surface area (Å²) in [4.78, 5) is 0. The summed E-state index contributed by atoms with van der Waals surface area (Å²) in [7, 11) is 0. The van der Waals surface area contributed by atoms with Crippen LogP contribution in [0, 0.1) is 5.82 Å². The third kappa shape index (κ3) is 2.65. The van der Waals surface area contributed by atoms with E-state index < -0.39 is 5.82 Å². The minimum Gasteiger partial charge on any atom is -0.355 e. The first kappa shape index (κ1) is 11.2. The van der Waals surface area contributed by atoms with Crippen LogP contribution in [0.1, 0.15) is 0 Å². The standard InChI is InChI=1S/C12H8Cl2FN/c13-8-1-3-9(4-2-8)16-10-5-6-12(15)11(14)7-10/h1-7,16H. The average Bonchev–Trinajstić information content (AvgIpc) is 2.27. The van der Waals surface area contributed by atoms with Gasteiger partial charge >= 0.3 is 0 Å². The summed E-state index contributed by atoms with van der Waals surface area (Å²) >= 11 is 11.4. The molecule has 0 fully saturated rings. The molecule has 0 spiro atoms. The van der Waals surface area contributed by atoms with Gasteiger partial charge in [0.2, 0.25) is 0 Å². The molecule has 4 heteroatoms. The quantitative estimate of drug-likeness (QED) is 0.807. The summed E-state index contributed by atoms with van der Waals surface area (Å²) in [5.41, 5.74) is 1.60. The summed E-state index contributed by atoms with van der Waals surface area (Å²) in [6.07, 6.45) is 0. The molecule has 82 valence electrons. The fraction of sp³-hybridized carbons (Fsp3) is 0. The van der Waals surface area contributed by atoms with Crippen LogP contribution in [0.15, 0.2) is 42.5 Å². The number of hydrogen-bond donors (Lipinski definition) is 1. The van der Waals surface area contributed by atoms with Crippen LogP contribution in [0.5, 0.6) is 0 Å². The van der Waals surface area contributed by atoms with E-state index in [1.807, 2.05) is 12.1 Å². The molecule has 1 N–H and O–H groups in total. The smallest absolute Gasteiger partial charge is 0.141 e. The molecule has 0 aliphatic carbocycles. The van der Waals surface area contributed by atoms with Gasteiger partial charge in [0.15, 0.2) is 0 Å². The Hall–Kier alpha value is -1.25. The monoisotopic (exact) mass is 255 g/mol. The fourth-order valence-corrected chi connectivity index (χ4v) is 1.58. The second-order valence-electron chi connectivity index (χ2n) is 3.26. The first-order valence-corrected chi connectivity index (χ1v) is 5.38. The van der Waals surface area contributed by atoms with Gasteiger partial charge in [-0.2, -0.15) is 0 Å². The van der Waals surface area contributed by atoms with Gasteiger partial charge in [-0.1, -0.05) is 23.2 Å². The zero-order valence-corrected chi connectivity index (χ0v) is 9.69. The van der Waals surface area contributed by atoms with Gasteiger partial charge in [-0.05, 0) is 42.5 Å². The highest BCUT2D eigenvalue weighted by Crippen LogP contribution is 2.23. The Balaban J connectivity index is 2.20. The summed E-state index contributed by atoms with van der Waals surface area (Å²) in [6, 6.07) is 11.7. The number of nitrogens with one attached hydrogen (secondary N) is 1. The summed E-state index contributed by atoms with van der Waals surface area (Å²) < 4.78 is 12.9. The van der Waals surface area contributed by atoms with Crippen LogP contribution in [0.25, 0.3) is 0 Å². The number of rotatable bonds is 2. The SMILES string of the molecule is Fc1ccc(Nc2ccc(Cl)cc2)cc1Cl. The van der Waals surface area contributed by atoms with Crippen LogP contribution in [-0.2, 0) is 0 Å². The van der Waals surface area contributed by atoms with Gasteiger partial charge in [-0.15, -0.1) is 0 Å². The van der Waals surface area contributed by atoms with E-state index in [1.165, 1.54) is 12.1 Å². The number of hydrogen-bond acceptors (Lipinski definition) is 1. The molecular weight excluding hydrogens is 248 g/mol. The van der Waals surface area contributed by atoms with Crippen molar-refractivity contribution in [2.24, 2.45) is 0 Å². The Bertz CT molecular complexity index is 497. The van der Waals surface area contributed by atoms with Crippen LogP contribution in [0.4, 0.5) is 15.8 Å². The van der Waals surface area contributed by atoms with Crippen LogP contribution in [-0.4, -0.2) is 0 Å². The van der Waals surface area contributed by atoms with Crippen molar-refractivity contribution >= 4 is 34.6 Å². The van der Waals surface area contributed by atoms with Crippen LogP contribution < -0.4 is 5.32 Å². The maximum absolute atomic E-state index is 12.9. The van der Waals surface area contributed by atoms with Crippen molar-refractivity contribution < 1.29 is 4.39 Å². The number of benzene rings is 2. The van der Waals surface area contributed by atoms with Crippen molar-refractivity contribution in [3.63, 3.8) is 0 Å². The molecule has 0 bridgehead atoms. The van der Waals surface area contributed by atoms with E-state index in [9.17, 15) is 4.39 Å². The molecule has 0 radical (unpaired) electrons. The van der Waals surface area contributed by atoms with E-state index in [0.29, 0.717) is 5.02 Å². The number of halogens is 3. The van der Waals surface area contributed by atoms with Gasteiger partial charge < -0.3 is 5.32 Å². The molecule has 0 saturated heterocycles. The maximum atomic E-state index is 12.9. The molecule has 2 aromatic rings. The van der Waals surface area contributed by atoms with E-state index >= 15 is 0 Å². The topological polar surface area (TPSA) is 12.0 Å². The second-order valence-corrected chi connectivity index (χ2v) is 4.10. The molecule has 0 aliphatic heterocycles. The zero-order chi connectivity index (χ0) is 11.5. The van der Waals surface area contributed by atoms with Crippen molar-refractivity contribution in [2.75, 3.05) is 5.32 Å². The van der Waals surface area contributed by atoms with E-state index in [-0.39, 0.29) is 5.02 Å².